The summed E-state index contributed by atoms with van der Waals surface area (Å²) in [6.45, 7) is 3.67. The van der Waals surface area contributed by atoms with E-state index in [9.17, 15) is 18.8 Å². The lowest BCUT2D eigenvalue weighted by atomic mass is 10.1. The summed E-state index contributed by atoms with van der Waals surface area (Å²) in [4.78, 5) is 39.4. The second-order valence-electron chi connectivity index (χ2n) is 6.97. The van der Waals surface area contributed by atoms with Gasteiger partial charge in [0.15, 0.2) is 23.7 Å². The third kappa shape index (κ3) is 5.97. The zero-order valence-corrected chi connectivity index (χ0v) is 18.5. The van der Waals surface area contributed by atoms with Crippen molar-refractivity contribution in [2.45, 2.75) is 44.5 Å². The summed E-state index contributed by atoms with van der Waals surface area (Å²) in [5, 5.41) is 0. The Morgan fingerprint density at radius 3 is 2.19 bits per heavy atom. The maximum Gasteiger partial charge on any atom is 0.303 e. The van der Waals surface area contributed by atoms with E-state index in [1.54, 1.807) is 30.5 Å². The first-order chi connectivity index (χ1) is 15.2. The fourth-order valence-electron chi connectivity index (χ4n) is 3.25. The minimum absolute atomic E-state index is 0.242. The third-order valence-electron chi connectivity index (χ3n) is 4.44. The second-order valence-corrected chi connectivity index (χ2v) is 8.10. The Morgan fingerprint density at radius 2 is 1.56 bits per heavy atom. The van der Waals surface area contributed by atoms with Gasteiger partial charge in [0.1, 0.15) is 17.3 Å². The number of pyridine rings is 1. The van der Waals surface area contributed by atoms with Gasteiger partial charge in [0.25, 0.3) is 0 Å². The van der Waals surface area contributed by atoms with Crippen LogP contribution in [-0.2, 0) is 28.6 Å². The van der Waals surface area contributed by atoms with E-state index in [0.717, 1.165) is 0 Å². The van der Waals surface area contributed by atoms with Crippen molar-refractivity contribution < 1.29 is 37.7 Å². The molecule has 3 rings (SSSR count). The van der Waals surface area contributed by atoms with E-state index in [1.165, 1.54) is 44.7 Å². The highest BCUT2D eigenvalue weighted by atomic mass is 32.2. The first kappa shape index (κ1) is 23.5. The maximum atomic E-state index is 13.3. The topological polar surface area (TPSA) is 101 Å². The zero-order valence-electron chi connectivity index (χ0n) is 17.6. The standard InChI is InChI=1S/C22H22FNO7S/c1-12(25)28-18-11-32-22(21(30-14(3)27)20(18)29-13(2)26)31-17-5-4-10-24-19(17)15-6-8-16(23)9-7-15/h4-10,18,20-22H,11H2,1-3H3/t18-,20+,21-,22?/m1/s1. The second kappa shape index (κ2) is 10.4. The lowest BCUT2D eigenvalue weighted by Crippen LogP contribution is -2.55. The molecule has 32 heavy (non-hydrogen) atoms. The summed E-state index contributed by atoms with van der Waals surface area (Å²) in [7, 11) is 0. The summed E-state index contributed by atoms with van der Waals surface area (Å²) < 4.78 is 35.6. The van der Waals surface area contributed by atoms with Crippen molar-refractivity contribution in [1.29, 1.82) is 0 Å². The molecule has 1 fully saturated rings. The van der Waals surface area contributed by atoms with Crippen LogP contribution in [0.1, 0.15) is 20.8 Å². The molecule has 0 aliphatic carbocycles. The van der Waals surface area contributed by atoms with Gasteiger partial charge < -0.3 is 18.9 Å². The van der Waals surface area contributed by atoms with E-state index in [0.29, 0.717) is 17.0 Å². The summed E-state index contributed by atoms with van der Waals surface area (Å²) in [6.07, 6.45) is -1.36. The summed E-state index contributed by atoms with van der Waals surface area (Å²) in [6, 6.07) is 9.11. The van der Waals surface area contributed by atoms with Gasteiger partial charge in [0.05, 0.1) is 0 Å². The number of benzene rings is 1. The molecular formula is C22H22FNO7S. The first-order valence-electron chi connectivity index (χ1n) is 9.75. The largest absolute Gasteiger partial charge is 0.473 e. The van der Waals surface area contributed by atoms with Gasteiger partial charge >= 0.3 is 17.9 Å². The summed E-state index contributed by atoms with van der Waals surface area (Å²) in [5.41, 5.74) is 0.292. The third-order valence-corrected chi connectivity index (χ3v) is 5.65. The molecule has 2 aromatic rings. The van der Waals surface area contributed by atoms with Crippen molar-refractivity contribution in [3.63, 3.8) is 0 Å². The van der Waals surface area contributed by atoms with E-state index < -0.39 is 41.7 Å². The van der Waals surface area contributed by atoms with Crippen molar-refractivity contribution in [3.05, 3.63) is 48.4 Å². The van der Waals surface area contributed by atoms with Crippen molar-refractivity contribution in [1.82, 2.24) is 4.98 Å². The highest BCUT2D eigenvalue weighted by molar-refractivity contribution is 7.99. The lowest BCUT2D eigenvalue weighted by molar-refractivity contribution is -0.186. The van der Waals surface area contributed by atoms with E-state index in [1.807, 2.05) is 0 Å². The molecule has 0 spiro atoms. The van der Waals surface area contributed by atoms with Gasteiger partial charge in [-0.3, -0.25) is 19.4 Å². The highest BCUT2D eigenvalue weighted by Crippen LogP contribution is 2.36. The number of hydrogen-bond donors (Lipinski definition) is 0. The van der Waals surface area contributed by atoms with Crippen molar-refractivity contribution in [2.75, 3.05) is 5.75 Å². The van der Waals surface area contributed by atoms with Gasteiger partial charge in [-0.05, 0) is 36.4 Å². The number of carbonyl (C=O) groups is 3. The van der Waals surface area contributed by atoms with Gasteiger partial charge in [0.2, 0.25) is 0 Å². The Morgan fingerprint density at radius 1 is 0.938 bits per heavy atom. The molecule has 0 amide bonds. The molecule has 1 aromatic heterocycles. The Hall–Kier alpha value is -3.14. The molecule has 4 atom stereocenters. The minimum atomic E-state index is -1.06. The van der Waals surface area contributed by atoms with Crippen molar-refractivity contribution in [2.24, 2.45) is 0 Å². The molecule has 170 valence electrons. The van der Waals surface area contributed by atoms with Crippen LogP contribution < -0.4 is 4.74 Å². The van der Waals surface area contributed by atoms with Crippen LogP contribution in [0.2, 0.25) is 0 Å². The smallest absolute Gasteiger partial charge is 0.303 e. The number of esters is 3. The molecule has 2 heterocycles. The molecule has 1 unspecified atom stereocenters. The van der Waals surface area contributed by atoms with Crippen molar-refractivity contribution in [3.8, 4) is 17.0 Å². The molecule has 0 radical (unpaired) electrons. The number of carbonyl (C=O) groups excluding carboxylic acids is 3. The van der Waals surface area contributed by atoms with Crippen molar-refractivity contribution >= 4 is 29.7 Å². The van der Waals surface area contributed by atoms with E-state index in [2.05, 4.69) is 4.98 Å². The van der Waals surface area contributed by atoms with Crippen LogP contribution in [0.25, 0.3) is 11.3 Å². The average Bonchev–Trinajstić information content (AvgIpc) is 2.72. The van der Waals surface area contributed by atoms with Crippen LogP contribution in [0, 0.1) is 5.82 Å². The number of thioether (sulfide) groups is 1. The molecule has 1 aliphatic rings. The normalized spacial score (nSPS) is 22.5. The fraction of sp³-hybridized carbons (Fsp3) is 0.364. The quantitative estimate of drug-likeness (QED) is 0.472. The number of ether oxygens (including phenoxy) is 4. The van der Waals surface area contributed by atoms with Crippen LogP contribution in [0.15, 0.2) is 42.6 Å². The van der Waals surface area contributed by atoms with Crippen LogP contribution in [0.5, 0.6) is 5.75 Å². The van der Waals surface area contributed by atoms with Gasteiger partial charge in [-0.15, -0.1) is 11.8 Å². The number of nitrogens with zero attached hydrogens (tertiary/aromatic N) is 1. The zero-order chi connectivity index (χ0) is 23.3. The SMILES string of the molecule is CC(=O)O[C@H]1[C@H](OC(C)=O)CSC(Oc2cccnc2-c2ccc(F)cc2)[C@@H]1OC(C)=O. The molecule has 8 nitrogen and oxygen atoms in total. The molecule has 0 saturated carbocycles. The van der Waals surface area contributed by atoms with Gasteiger partial charge in [-0.1, -0.05) is 0 Å². The number of rotatable bonds is 6. The number of halogens is 1. The number of hydrogen-bond acceptors (Lipinski definition) is 9. The lowest BCUT2D eigenvalue weighted by Gasteiger charge is -2.40. The molecule has 1 saturated heterocycles. The van der Waals surface area contributed by atoms with Crippen LogP contribution in [-0.4, -0.2) is 52.4 Å². The molecule has 10 heteroatoms. The highest BCUT2D eigenvalue weighted by Gasteiger charge is 2.47. The predicted molar refractivity (Wildman–Crippen MR) is 113 cm³/mol. The summed E-state index contributed by atoms with van der Waals surface area (Å²) in [5.74, 6) is -1.57. The minimum Gasteiger partial charge on any atom is -0.473 e. The molecule has 0 bridgehead atoms. The fourth-order valence-corrected chi connectivity index (χ4v) is 4.45. The van der Waals surface area contributed by atoms with Gasteiger partial charge in [0, 0.05) is 38.3 Å². The van der Waals surface area contributed by atoms with Crippen LogP contribution >= 0.6 is 11.8 Å². The maximum absolute atomic E-state index is 13.3. The Kier molecular flexibility index (Phi) is 7.68. The van der Waals surface area contributed by atoms with Crippen LogP contribution in [0.4, 0.5) is 4.39 Å². The molecule has 1 aliphatic heterocycles. The Balaban J connectivity index is 1.92. The summed E-state index contributed by atoms with van der Waals surface area (Å²) >= 11 is 1.24. The van der Waals surface area contributed by atoms with E-state index in [4.69, 9.17) is 18.9 Å². The van der Waals surface area contributed by atoms with E-state index >= 15 is 0 Å². The van der Waals surface area contributed by atoms with Gasteiger partial charge in [-0.2, -0.15) is 0 Å². The molecular weight excluding hydrogens is 441 g/mol. The van der Waals surface area contributed by atoms with E-state index in [-0.39, 0.29) is 11.6 Å². The number of aromatic nitrogens is 1. The Labute approximate surface area is 188 Å². The van der Waals surface area contributed by atoms with Gasteiger partial charge in [-0.25, -0.2) is 4.39 Å². The molecule has 1 aromatic carbocycles. The molecule has 0 N–H and O–H groups in total. The average molecular weight is 463 g/mol. The Bertz CT molecular complexity index is 984. The first-order valence-corrected chi connectivity index (χ1v) is 10.8. The van der Waals surface area contributed by atoms with Crippen LogP contribution in [0.3, 0.4) is 0 Å². The predicted octanol–water partition coefficient (Wildman–Crippen LogP) is 3.13. The monoisotopic (exact) mass is 463 g/mol.